The van der Waals surface area contributed by atoms with Gasteiger partial charge in [-0.25, -0.2) is 0 Å². The maximum absolute atomic E-state index is 5.87. The summed E-state index contributed by atoms with van der Waals surface area (Å²) in [7, 11) is 3.26. The lowest BCUT2D eigenvalue weighted by Crippen LogP contribution is -2.38. The van der Waals surface area contributed by atoms with Gasteiger partial charge in [-0.2, -0.15) is 5.10 Å². The standard InChI is InChI=1S/C27H31N3O4/c1-31-26-12-7-22(19-27(26)32-2)4-9-24-20-23(28-29-24)8-3-21-5-10-25(11-6-21)34-18-15-30-13-16-33-17-14-30/h3-12,19-20H,13-18H2,1-2H3,(H,28,29)/b8-3?,9-4+. The molecule has 3 aromatic rings. The molecule has 2 heterocycles. The van der Waals surface area contributed by atoms with Crippen LogP contribution in [0.1, 0.15) is 22.5 Å². The van der Waals surface area contributed by atoms with E-state index in [9.17, 15) is 0 Å². The largest absolute Gasteiger partial charge is 0.493 e. The van der Waals surface area contributed by atoms with Crippen LogP contribution in [0.15, 0.2) is 48.5 Å². The molecule has 1 aliphatic rings. The molecular weight excluding hydrogens is 430 g/mol. The summed E-state index contributed by atoms with van der Waals surface area (Å²) in [6.07, 6.45) is 8.00. The predicted octanol–water partition coefficient (Wildman–Crippen LogP) is 4.48. The molecule has 0 aliphatic carbocycles. The number of morpholine rings is 1. The van der Waals surface area contributed by atoms with E-state index >= 15 is 0 Å². The number of hydrogen-bond acceptors (Lipinski definition) is 6. The van der Waals surface area contributed by atoms with Crippen LogP contribution < -0.4 is 14.2 Å². The van der Waals surface area contributed by atoms with E-state index in [2.05, 4.69) is 15.1 Å². The minimum Gasteiger partial charge on any atom is -0.493 e. The fourth-order valence-electron chi connectivity index (χ4n) is 3.64. The zero-order chi connectivity index (χ0) is 23.6. The zero-order valence-electron chi connectivity index (χ0n) is 19.7. The summed E-state index contributed by atoms with van der Waals surface area (Å²) < 4.78 is 21.9. The highest BCUT2D eigenvalue weighted by Crippen LogP contribution is 2.28. The summed E-state index contributed by atoms with van der Waals surface area (Å²) >= 11 is 0. The van der Waals surface area contributed by atoms with Crippen molar-refractivity contribution in [3.63, 3.8) is 0 Å². The van der Waals surface area contributed by atoms with Crippen LogP contribution in [0, 0.1) is 0 Å². The number of aromatic nitrogens is 2. The highest BCUT2D eigenvalue weighted by Gasteiger charge is 2.09. The van der Waals surface area contributed by atoms with Crippen LogP contribution in [0.2, 0.25) is 0 Å². The molecule has 1 N–H and O–H groups in total. The van der Waals surface area contributed by atoms with Gasteiger partial charge in [-0.15, -0.1) is 0 Å². The van der Waals surface area contributed by atoms with Crippen molar-refractivity contribution in [1.82, 2.24) is 15.1 Å². The van der Waals surface area contributed by atoms with Gasteiger partial charge in [0, 0.05) is 19.6 Å². The number of H-pyrrole nitrogens is 1. The first-order valence-electron chi connectivity index (χ1n) is 11.4. The Morgan fingerprint density at radius 2 is 1.62 bits per heavy atom. The van der Waals surface area contributed by atoms with Crippen LogP contribution in [0.25, 0.3) is 24.3 Å². The Morgan fingerprint density at radius 3 is 2.38 bits per heavy atom. The predicted molar refractivity (Wildman–Crippen MR) is 135 cm³/mol. The number of nitrogens with one attached hydrogen (secondary N) is 1. The molecule has 0 amide bonds. The van der Waals surface area contributed by atoms with Crippen LogP contribution in [-0.4, -0.2) is 68.8 Å². The van der Waals surface area contributed by atoms with Gasteiger partial charge in [-0.1, -0.05) is 30.4 Å². The van der Waals surface area contributed by atoms with Crippen molar-refractivity contribution in [3.05, 3.63) is 71.0 Å². The molecule has 0 saturated carbocycles. The Kier molecular flexibility index (Phi) is 8.38. The van der Waals surface area contributed by atoms with E-state index in [0.29, 0.717) is 18.1 Å². The summed E-state index contributed by atoms with van der Waals surface area (Å²) in [5.41, 5.74) is 3.87. The Hall–Kier alpha value is -3.55. The lowest BCUT2D eigenvalue weighted by atomic mass is 10.1. The number of ether oxygens (including phenoxy) is 4. The quantitative estimate of drug-likeness (QED) is 0.480. The molecule has 2 aromatic carbocycles. The molecule has 0 spiro atoms. The second-order valence-electron chi connectivity index (χ2n) is 7.90. The molecule has 1 aliphatic heterocycles. The topological polar surface area (TPSA) is 68.8 Å². The van der Waals surface area contributed by atoms with Crippen molar-refractivity contribution in [2.75, 3.05) is 53.7 Å². The molecule has 7 heteroatoms. The fraction of sp³-hybridized carbons (Fsp3) is 0.296. The average Bonchev–Trinajstić information content (AvgIpc) is 3.35. The van der Waals surface area contributed by atoms with Crippen molar-refractivity contribution >= 4 is 24.3 Å². The Balaban J connectivity index is 1.28. The molecule has 4 rings (SSSR count). The van der Waals surface area contributed by atoms with Crippen molar-refractivity contribution in [2.45, 2.75) is 0 Å². The molecule has 34 heavy (non-hydrogen) atoms. The van der Waals surface area contributed by atoms with E-state index in [4.69, 9.17) is 18.9 Å². The number of hydrogen-bond donors (Lipinski definition) is 1. The van der Waals surface area contributed by atoms with E-state index in [1.165, 1.54) is 0 Å². The maximum Gasteiger partial charge on any atom is 0.161 e. The SMILES string of the molecule is COc1ccc(/C=C/c2cc(C=Cc3ccc(OCCN4CCOCC4)cc3)n[nH]2)cc1OC. The van der Waals surface area contributed by atoms with E-state index in [1.807, 2.05) is 72.8 Å². The fourth-order valence-corrected chi connectivity index (χ4v) is 3.64. The van der Waals surface area contributed by atoms with Gasteiger partial charge < -0.3 is 18.9 Å². The third-order valence-corrected chi connectivity index (χ3v) is 5.59. The van der Waals surface area contributed by atoms with E-state index in [-0.39, 0.29) is 0 Å². The Morgan fingerprint density at radius 1 is 0.882 bits per heavy atom. The zero-order valence-corrected chi connectivity index (χ0v) is 19.7. The van der Waals surface area contributed by atoms with E-state index in [0.717, 1.165) is 61.1 Å². The minimum atomic E-state index is 0.683. The van der Waals surface area contributed by atoms with Gasteiger partial charge in [-0.3, -0.25) is 10.00 Å². The lowest BCUT2D eigenvalue weighted by Gasteiger charge is -2.26. The molecule has 7 nitrogen and oxygen atoms in total. The van der Waals surface area contributed by atoms with Crippen LogP contribution in [0.4, 0.5) is 0 Å². The molecule has 1 aromatic heterocycles. The number of benzene rings is 2. The molecular formula is C27H31N3O4. The Bertz CT molecular complexity index is 1100. The molecule has 0 radical (unpaired) electrons. The summed E-state index contributed by atoms with van der Waals surface area (Å²) in [6, 6.07) is 15.9. The maximum atomic E-state index is 5.87. The number of aromatic amines is 1. The van der Waals surface area contributed by atoms with Gasteiger partial charge in [-0.05, 0) is 53.6 Å². The Labute approximate surface area is 200 Å². The van der Waals surface area contributed by atoms with Crippen LogP contribution in [0.3, 0.4) is 0 Å². The second-order valence-corrected chi connectivity index (χ2v) is 7.90. The van der Waals surface area contributed by atoms with Gasteiger partial charge in [0.2, 0.25) is 0 Å². The van der Waals surface area contributed by atoms with Gasteiger partial charge in [0.05, 0.1) is 38.8 Å². The first-order valence-corrected chi connectivity index (χ1v) is 11.4. The van der Waals surface area contributed by atoms with Gasteiger partial charge in [0.15, 0.2) is 11.5 Å². The summed E-state index contributed by atoms with van der Waals surface area (Å²) in [6.45, 7) is 5.19. The first kappa shape index (κ1) is 23.6. The number of methoxy groups -OCH3 is 2. The third kappa shape index (κ3) is 6.73. The van der Waals surface area contributed by atoms with Crippen LogP contribution in [0.5, 0.6) is 17.2 Å². The van der Waals surface area contributed by atoms with Crippen LogP contribution >= 0.6 is 0 Å². The van der Waals surface area contributed by atoms with Crippen molar-refractivity contribution in [1.29, 1.82) is 0 Å². The smallest absolute Gasteiger partial charge is 0.161 e. The van der Waals surface area contributed by atoms with Gasteiger partial charge in [0.25, 0.3) is 0 Å². The highest BCUT2D eigenvalue weighted by atomic mass is 16.5. The molecule has 0 bridgehead atoms. The first-order chi connectivity index (χ1) is 16.7. The molecule has 1 fully saturated rings. The van der Waals surface area contributed by atoms with E-state index < -0.39 is 0 Å². The normalized spacial score (nSPS) is 14.6. The second kappa shape index (κ2) is 12.1. The summed E-state index contributed by atoms with van der Waals surface area (Å²) in [5.74, 6) is 2.29. The third-order valence-electron chi connectivity index (χ3n) is 5.59. The van der Waals surface area contributed by atoms with Crippen molar-refractivity contribution in [3.8, 4) is 17.2 Å². The van der Waals surface area contributed by atoms with Crippen molar-refractivity contribution in [2.24, 2.45) is 0 Å². The monoisotopic (exact) mass is 461 g/mol. The number of rotatable bonds is 10. The highest BCUT2D eigenvalue weighted by molar-refractivity contribution is 5.72. The molecule has 0 unspecified atom stereocenters. The molecule has 0 atom stereocenters. The molecule has 1 saturated heterocycles. The summed E-state index contributed by atoms with van der Waals surface area (Å²) in [5, 5.41) is 7.41. The van der Waals surface area contributed by atoms with Gasteiger partial charge in [0.1, 0.15) is 12.4 Å². The molecule has 178 valence electrons. The van der Waals surface area contributed by atoms with Crippen molar-refractivity contribution < 1.29 is 18.9 Å². The van der Waals surface area contributed by atoms with Crippen LogP contribution in [-0.2, 0) is 4.74 Å². The van der Waals surface area contributed by atoms with Gasteiger partial charge >= 0.3 is 0 Å². The summed E-state index contributed by atoms with van der Waals surface area (Å²) in [4.78, 5) is 2.36. The average molecular weight is 462 g/mol. The lowest BCUT2D eigenvalue weighted by molar-refractivity contribution is 0.0322. The van der Waals surface area contributed by atoms with E-state index in [1.54, 1.807) is 14.2 Å². The minimum absolute atomic E-state index is 0.683. The number of nitrogens with zero attached hydrogens (tertiary/aromatic N) is 2.